The van der Waals surface area contributed by atoms with Gasteiger partial charge in [0, 0.05) is 17.6 Å². The fourth-order valence-corrected chi connectivity index (χ4v) is 1.75. The van der Waals surface area contributed by atoms with Crippen molar-refractivity contribution in [2.24, 2.45) is 0 Å². The van der Waals surface area contributed by atoms with Gasteiger partial charge in [-0.05, 0) is 39.8 Å². The van der Waals surface area contributed by atoms with Gasteiger partial charge in [0.15, 0.2) is 0 Å². The second-order valence-electron chi connectivity index (χ2n) is 5.11. The molecule has 0 aliphatic carbocycles. The first-order valence-electron chi connectivity index (χ1n) is 6.10. The van der Waals surface area contributed by atoms with Crippen molar-refractivity contribution in [2.45, 2.75) is 33.3 Å². The van der Waals surface area contributed by atoms with Crippen LogP contribution in [0.3, 0.4) is 0 Å². The third kappa shape index (κ3) is 4.09. The summed E-state index contributed by atoms with van der Waals surface area (Å²) in [7, 11) is 0. The molecule has 1 aromatic carbocycles. The Morgan fingerprint density at radius 1 is 1.45 bits per heavy atom. The first kappa shape index (κ1) is 16.2. The third-order valence-corrected chi connectivity index (χ3v) is 2.59. The number of ether oxygens (including phenoxy) is 1. The first-order chi connectivity index (χ1) is 9.15. The van der Waals surface area contributed by atoms with E-state index >= 15 is 0 Å². The number of nitrogens with zero attached hydrogens (tertiary/aromatic N) is 2. The smallest absolute Gasteiger partial charge is 0.415 e. The average Bonchev–Trinajstić information content (AvgIpc) is 2.27. The Bertz CT molecular complexity index is 526. The second kappa shape index (κ2) is 6.09. The molecular formula is C13H17ClN2O4. The van der Waals surface area contributed by atoms with Crippen LogP contribution in [0.4, 0.5) is 16.2 Å². The maximum Gasteiger partial charge on any atom is 0.415 e. The second-order valence-corrected chi connectivity index (χ2v) is 5.55. The summed E-state index contributed by atoms with van der Waals surface area (Å²) in [5.41, 5.74) is -0.751. The summed E-state index contributed by atoms with van der Waals surface area (Å²) >= 11 is 5.86. The molecule has 0 aliphatic rings. The van der Waals surface area contributed by atoms with E-state index in [9.17, 15) is 14.9 Å². The number of nitro groups is 1. The minimum atomic E-state index is -0.683. The van der Waals surface area contributed by atoms with Crippen LogP contribution in [0.15, 0.2) is 18.2 Å². The van der Waals surface area contributed by atoms with E-state index in [2.05, 4.69) is 0 Å². The highest BCUT2D eigenvalue weighted by molar-refractivity contribution is 6.31. The first-order valence-corrected chi connectivity index (χ1v) is 6.48. The molecule has 0 bridgehead atoms. The quantitative estimate of drug-likeness (QED) is 0.624. The van der Waals surface area contributed by atoms with Gasteiger partial charge in [-0.1, -0.05) is 11.6 Å². The minimum absolute atomic E-state index is 0.124. The van der Waals surface area contributed by atoms with Crippen LogP contribution >= 0.6 is 11.6 Å². The molecule has 0 saturated carbocycles. The van der Waals surface area contributed by atoms with Gasteiger partial charge in [-0.3, -0.25) is 15.0 Å². The Balaban J connectivity index is 3.21. The maximum atomic E-state index is 12.1. The zero-order valence-electron chi connectivity index (χ0n) is 11.8. The van der Waals surface area contributed by atoms with Crippen molar-refractivity contribution in [2.75, 3.05) is 11.4 Å². The molecule has 0 radical (unpaired) electrons. The fraction of sp³-hybridized carbons (Fsp3) is 0.462. The van der Waals surface area contributed by atoms with Crippen molar-refractivity contribution in [3.8, 4) is 0 Å². The average molecular weight is 301 g/mol. The minimum Gasteiger partial charge on any atom is -0.443 e. The van der Waals surface area contributed by atoms with Gasteiger partial charge in [0.05, 0.1) is 4.92 Å². The molecule has 0 spiro atoms. The van der Waals surface area contributed by atoms with Gasteiger partial charge in [0.25, 0.3) is 5.69 Å². The molecule has 110 valence electrons. The van der Waals surface area contributed by atoms with E-state index in [1.54, 1.807) is 27.7 Å². The van der Waals surface area contributed by atoms with E-state index in [-0.39, 0.29) is 17.9 Å². The molecule has 7 heteroatoms. The van der Waals surface area contributed by atoms with E-state index in [0.717, 1.165) is 0 Å². The topological polar surface area (TPSA) is 72.7 Å². The van der Waals surface area contributed by atoms with Gasteiger partial charge in [-0.15, -0.1) is 0 Å². The van der Waals surface area contributed by atoms with E-state index in [1.807, 2.05) is 0 Å². The molecule has 0 unspecified atom stereocenters. The molecule has 0 heterocycles. The van der Waals surface area contributed by atoms with Crippen LogP contribution < -0.4 is 4.90 Å². The molecule has 1 rings (SSSR count). The van der Waals surface area contributed by atoms with E-state index in [1.165, 1.54) is 23.1 Å². The highest BCUT2D eigenvalue weighted by Crippen LogP contribution is 2.32. The maximum absolute atomic E-state index is 12.1. The predicted molar refractivity (Wildman–Crippen MR) is 77.4 cm³/mol. The van der Waals surface area contributed by atoms with Crippen molar-refractivity contribution in [1.82, 2.24) is 0 Å². The van der Waals surface area contributed by atoms with E-state index in [0.29, 0.717) is 5.02 Å². The lowest BCUT2D eigenvalue weighted by Gasteiger charge is -2.26. The van der Waals surface area contributed by atoms with Crippen LogP contribution in [-0.2, 0) is 4.74 Å². The molecule has 0 aromatic heterocycles. The number of rotatable bonds is 3. The molecule has 0 fully saturated rings. The van der Waals surface area contributed by atoms with E-state index < -0.39 is 16.6 Å². The Kier molecular flexibility index (Phi) is 4.94. The van der Waals surface area contributed by atoms with Crippen LogP contribution in [0, 0.1) is 10.1 Å². The highest BCUT2D eigenvalue weighted by atomic mass is 35.5. The van der Waals surface area contributed by atoms with Crippen LogP contribution in [0.5, 0.6) is 0 Å². The Labute approximate surface area is 122 Å². The Hall–Kier alpha value is -1.82. The van der Waals surface area contributed by atoms with Crippen molar-refractivity contribution in [3.05, 3.63) is 33.3 Å². The summed E-state index contributed by atoms with van der Waals surface area (Å²) in [5, 5.41) is 11.4. The lowest BCUT2D eigenvalue weighted by molar-refractivity contribution is -0.384. The number of carbonyl (C=O) groups is 1. The van der Waals surface area contributed by atoms with Crippen LogP contribution in [0.25, 0.3) is 0 Å². The summed E-state index contributed by atoms with van der Waals surface area (Å²) in [6.45, 7) is 7.12. The van der Waals surface area contributed by atoms with Crippen molar-refractivity contribution in [3.63, 3.8) is 0 Å². The van der Waals surface area contributed by atoms with Crippen molar-refractivity contribution in [1.29, 1.82) is 0 Å². The highest BCUT2D eigenvalue weighted by Gasteiger charge is 2.27. The standard InChI is InChI=1S/C13H17ClN2O4/c1-5-15(12(17)20-13(2,3)4)11-8-9(14)6-7-10(11)16(18)19/h6-8H,5H2,1-4H3. The lowest BCUT2D eigenvalue weighted by Crippen LogP contribution is -2.37. The number of halogens is 1. The zero-order chi connectivity index (χ0) is 15.5. The molecule has 0 saturated heterocycles. The number of hydrogen-bond acceptors (Lipinski definition) is 4. The summed E-state index contributed by atoms with van der Waals surface area (Å²) in [6, 6.07) is 4.06. The summed E-state index contributed by atoms with van der Waals surface area (Å²) in [6.07, 6.45) is -0.648. The van der Waals surface area contributed by atoms with Gasteiger partial charge in [0.2, 0.25) is 0 Å². The van der Waals surface area contributed by atoms with Gasteiger partial charge in [0.1, 0.15) is 11.3 Å². The molecular weight excluding hydrogens is 284 g/mol. The van der Waals surface area contributed by atoms with E-state index in [4.69, 9.17) is 16.3 Å². The van der Waals surface area contributed by atoms with Crippen LogP contribution in [-0.4, -0.2) is 23.2 Å². The molecule has 20 heavy (non-hydrogen) atoms. The number of benzene rings is 1. The van der Waals surface area contributed by atoms with Gasteiger partial charge >= 0.3 is 6.09 Å². The number of amides is 1. The predicted octanol–water partition coefficient (Wildman–Crippen LogP) is 4.01. The van der Waals surface area contributed by atoms with Crippen molar-refractivity contribution >= 4 is 29.1 Å². The fourth-order valence-electron chi connectivity index (χ4n) is 1.58. The van der Waals surface area contributed by atoms with Gasteiger partial charge in [-0.2, -0.15) is 0 Å². The summed E-state index contributed by atoms with van der Waals surface area (Å²) in [4.78, 5) is 23.8. The number of carbonyl (C=O) groups excluding carboxylic acids is 1. The molecule has 1 aromatic rings. The number of anilines is 1. The molecule has 0 aliphatic heterocycles. The van der Waals surface area contributed by atoms with Gasteiger partial charge < -0.3 is 4.74 Å². The van der Waals surface area contributed by atoms with Gasteiger partial charge in [-0.25, -0.2) is 4.79 Å². The Morgan fingerprint density at radius 2 is 2.05 bits per heavy atom. The normalized spacial score (nSPS) is 11.1. The molecule has 1 amide bonds. The van der Waals surface area contributed by atoms with Crippen LogP contribution in [0.1, 0.15) is 27.7 Å². The molecule has 6 nitrogen and oxygen atoms in total. The summed E-state index contributed by atoms with van der Waals surface area (Å²) < 4.78 is 5.24. The molecule has 0 N–H and O–H groups in total. The Morgan fingerprint density at radius 3 is 2.50 bits per heavy atom. The molecule has 0 atom stereocenters. The summed E-state index contributed by atoms with van der Waals surface area (Å²) in [5.74, 6) is 0. The SMILES string of the molecule is CCN(C(=O)OC(C)(C)C)c1cc(Cl)ccc1[N+](=O)[O-]. The van der Waals surface area contributed by atoms with Crippen molar-refractivity contribution < 1.29 is 14.5 Å². The monoisotopic (exact) mass is 300 g/mol. The zero-order valence-corrected chi connectivity index (χ0v) is 12.6. The lowest BCUT2D eigenvalue weighted by atomic mass is 10.2. The van der Waals surface area contributed by atoms with Crippen LogP contribution in [0.2, 0.25) is 5.02 Å². The number of nitro benzene ring substituents is 1. The largest absolute Gasteiger partial charge is 0.443 e. The third-order valence-electron chi connectivity index (χ3n) is 2.36. The number of hydrogen-bond donors (Lipinski definition) is 0.